The number of benzene rings is 1. The molecule has 0 aliphatic carbocycles. The highest BCUT2D eigenvalue weighted by Gasteiger charge is 2.35. The Hall–Kier alpha value is -2.91. The molecule has 2 aromatic heterocycles. The molecule has 1 amide bonds. The van der Waals surface area contributed by atoms with E-state index in [4.69, 9.17) is 4.42 Å². The summed E-state index contributed by atoms with van der Waals surface area (Å²) in [5.41, 5.74) is 2.76. The Balaban J connectivity index is 1.42. The number of aromatic nitrogens is 2. The highest BCUT2D eigenvalue weighted by atomic mass is 32.2. The minimum Gasteiger partial charge on any atom is -0.442 e. The quantitative estimate of drug-likeness (QED) is 0.628. The van der Waals surface area contributed by atoms with Gasteiger partial charge in [0.15, 0.2) is 5.76 Å². The zero-order valence-electron chi connectivity index (χ0n) is 16.7. The third-order valence-electron chi connectivity index (χ3n) is 5.41. The summed E-state index contributed by atoms with van der Waals surface area (Å²) in [5.74, 6) is -0.120. The van der Waals surface area contributed by atoms with Crippen molar-refractivity contribution in [3.05, 3.63) is 59.8 Å². The number of aromatic amines is 1. The van der Waals surface area contributed by atoms with Gasteiger partial charge in [0, 0.05) is 25.8 Å². The van der Waals surface area contributed by atoms with Crippen LogP contribution in [0.5, 0.6) is 0 Å². The van der Waals surface area contributed by atoms with E-state index < -0.39 is 10.0 Å². The largest absolute Gasteiger partial charge is 0.442 e. The van der Waals surface area contributed by atoms with Crippen molar-refractivity contribution in [3.8, 4) is 11.5 Å². The monoisotopic (exact) mass is 428 g/mol. The molecular formula is C21H24N4O4S. The summed E-state index contributed by atoms with van der Waals surface area (Å²) in [7, 11) is -3.82. The molecular weight excluding hydrogens is 404 g/mol. The number of rotatable bonds is 6. The van der Waals surface area contributed by atoms with Crippen LogP contribution in [0, 0.1) is 12.8 Å². The van der Waals surface area contributed by atoms with Crippen molar-refractivity contribution in [1.29, 1.82) is 0 Å². The molecule has 1 saturated heterocycles. The number of carbonyl (C=O) groups is 1. The Bertz CT molecular complexity index is 1120. The van der Waals surface area contributed by atoms with E-state index in [1.54, 1.807) is 18.3 Å². The zero-order valence-corrected chi connectivity index (χ0v) is 17.5. The molecule has 0 saturated carbocycles. The lowest BCUT2D eigenvalue weighted by atomic mass is 9.98. The van der Waals surface area contributed by atoms with E-state index in [-0.39, 0.29) is 23.5 Å². The van der Waals surface area contributed by atoms with Gasteiger partial charge in [-0.25, -0.2) is 8.42 Å². The lowest BCUT2D eigenvalue weighted by molar-refractivity contribution is -0.126. The first-order chi connectivity index (χ1) is 14.4. The third-order valence-corrected chi connectivity index (χ3v) is 7.15. The molecule has 30 heavy (non-hydrogen) atoms. The van der Waals surface area contributed by atoms with Crippen molar-refractivity contribution in [2.75, 3.05) is 13.1 Å². The minimum atomic E-state index is -3.82. The van der Waals surface area contributed by atoms with E-state index in [2.05, 4.69) is 15.5 Å². The molecule has 0 unspecified atom stereocenters. The Kier molecular flexibility index (Phi) is 5.74. The first kappa shape index (κ1) is 20.4. The van der Waals surface area contributed by atoms with Crippen molar-refractivity contribution in [1.82, 2.24) is 19.8 Å². The number of piperidine rings is 1. The molecule has 4 rings (SSSR count). The molecule has 1 aliphatic rings. The maximum Gasteiger partial charge on any atom is 0.276 e. The van der Waals surface area contributed by atoms with Crippen molar-refractivity contribution < 1.29 is 17.6 Å². The molecule has 1 atom stereocenters. The molecule has 158 valence electrons. The first-order valence-corrected chi connectivity index (χ1v) is 11.3. The van der Waals surface area contributed by atoms with E-state index >= 15 is 0 Å². The third kappa shape index (κ3) is 4.17. The number of hydrogen-bond acceptors (Lipinski definition) is 5. The van der Waals surface area contributed by atoms with E-state index in [1.807, 2.05) is 31.2 Å². The molecule has 0 spiro atoms. The van der Waals surface area contributed by atoms with Crippen LogP contribution in [-0.4, -0.2) is 41.9 Å². The van der Waals surface area contributed by atoms with Crippen LogP contribution in [0.3, 0.4) is 0 Å². The van der Waals surface area contributed by atoms with E-state index in [1.165, 1.54) is 10.4 Å². The maximum absolute atomic E-state index is 13.0. The fraction of sp³-hybridized carbons (Fsp3) is 0.333. The molecule has 1 fully saturated rings. The second-order valence-electron chi connectivity index (χ2n) is 7.44. The number of H-pyrrole nitrogens is 1. The zero-order chi connectivity index (χ0) is 21.1. The summed E-state index contributed by atoms with van der Waals surface area (Å²) >= 11 is 0. The van der Waals surface area contributed by atoms with Gasteiger partial charge in [0.05, 0.1) is 5.92 Å². The SMILES string of the molecule is Cc1ccccc1CNC(=O)[C@@H]1CCCN(S(=O)(=O)c2ccc(-c3ccn[nH]3)o2)C1. The Morgan fingerprint density at radius 1 is 1.27 bits per heavy atom. The molecule has 3 heterocycles. The molecule has 1 aliphatic heterocycles. The van der Waals surface area contributed by atoms with Crippen LogP contribution in [0.25, 0.3) is 11.5 Å². The summed E-state index contributed by atoms with van der Waals surface area (Å²) in [6.45, 7) is 2.93. The first-order valence-electron chi connectivity index (χ1n) is 9.87. The van der Waals surface area contributed by atoms with Gasteiger partial charge >= 0.3 is 0 Å². The average Bonchev–Trinajstić information content (AvgIpc) is 3.45. The predicted octanol–water partition coefficient (Wildman–Crippen LogP) is 2.70. The Morgan fingerprint density at radius 2 is 2.10 bits per heavy atom. The topological polar surface area (TPSA) is 108 Å². The number of hydrogen-bond donors (Lipinski definition) is 2. The molecule has 0 radical (unpaired) electrons. The fourth-order valence-electron chi connectivity index (χ4n) is 3.63. The van der Waals surface area contributed by atoms with Crippen LogP contribution in [0.15, 0.2) is 58.2 Å². The van der Waals surface area contributed by atoms with Crippen molar-refractivity contribution in [2.24, 2.45) is 5.92 Å². The summed E-state index contributed by atoms with van der Waals surface area (Å²) in [6, 6.07) is 12.6. The molecule has 9 heteroatoms. The van der Waals surface area contributed by atoms with E-state index in [0.717, 1.165) is 11.1 Å². The molecule has 8 nitrogen and oxygen atoms in total. The lowest BCUT2D eigenvalue weighted by Crippen LogP contribution is -2.45. The number of nitrogens with one attached hydrogen (secondary N) is 2. The fourth-order valence-corrected chi connectivity index (χ4v) is 5.07. The summed E-state index contributed by atoms with van der Waals surface area (Å²) in [6.07, 6.45) is 2.84. The summed E-state index contributed by atoms with van der Waals surface area (Å²) in [4.78, 5) is 12.7. The highest BCUT2D eigenvalue weighted by molar-refractivity contribution is 7.89. The lowest BCUT2D eigenvalue weighted by Gasteiger charge is -2.30. The summed E-state index contributed by atoms with van der Waals surface area (Å²) < 4.78 is 33.0. The van der Waals surface area contributed by atoms with Crippen molar-refractivity contribution in [3.63, 3.8) is 0 Å². The van der Waals surface area contributed by atoms with Gasteiger partial charge in [0.1, 0.15) is 5.69 Å². The Morgan fingerprint density at radius 3 is 2.87 bits per heavy atom. The van der Waals surface area contributed by atoms with Gasteiger partial charge in [-0.2, -0.15) is 9.40 Å². The molecule has 0 bridgehead atoms. The standard InChI is InChI=1S/C21H24N4O4S/c1-15-5-2-3-6-16(15)13-22-21(26)17-7-4-12-25(14-17)30(27,28)20-9-8-19(29-20)18-10-11-23-24-18/h2-3,5-6,8-11,17H,4,7,12-14H2,1H3,(H,22,26)(H,23,24)/t17-/m1/s1. The van der Waals surface area contributed by atoms with Gasteiger partial charge in [-0.15, -0.1) is 0 Å². The molecule has 1 aromatic carbocycles. The second-order valence-corrected chi connectivity index (χ2v) is 9.30. The van der Waals surface area contributed by atoms with Gasteiger partial charge in [-0.05, 0) is 49.1 Å². The number of sulfonamides is 1. The van der Waals surface area contributed by atoms with E-state index in [9.17, 15) is 13.2 Å². The van der Waals surface area contributed by atoms with Gasteiger partial charge in [-0.3, -0.25) is 9.89 Å². The number of furan rings is 1. The molecule has 3 aromatic rings. The maximum atomic E-state index is 13.0. The van der Waals surface area contributed by atoms with Gasteiger partial charge in [-0.1, -0.05) is 24.3 Å². The molecule has 2 N–H and O–H groups in total. The van der Waals surface area contributed by atoms with Gasteiger partial charge < -0.3 is 9.73 Å². The smallest absolute Gasteiger partial charge is 0.276 e. The van der Waals surface area contributed by atoms with E-state index in [0.29, 0.717) is 37.4 Å². The van der Waals surface area contributed by atoms with Gasteiger partial charge in [0.2, 0.25) is 11.0 Å². The normalized spacial score (nSPS) is 17.7. The van der Waals surface area contributed by atoms with Crippen LogP contribution in [0.1, 0.15) is 24.0 Å². The van der Waals surface area contributed by atoms with Crippen molar-refractivity contribution >= 4 is 15.9 Å². The average molecular weight is 429 g/mol. The van der Waals surface area contributed by atoms with Gasteiger partial charge in [0.25, 0.3) is 10.0 Å². The van der Waals surface area contributed by atoms with Crippen LogP contribution in [0.4, 0.5) is 0 Å². The summed E-state index contributed by atoms with van der Waals surface area (Å²) in [5, 5.41) is 9.41. The van der Waals surface area contributed by atoms with Crippen molar-refractivity contribution in [2.45, 2.75) is 31.4 Å². The number of carbonyl (C=O) groups excluding carboxylic acids is 1. The Labute approximate surface area is 175 Å². The number of nitrogens with zero attached hydrogens (tertiary/aromatic N) is 2. The minimum absolute atomic E-state index is 0.129. The van der Waals surface area contributed by atoms with Crippen LogP contribution >= 0.6 is 0 Å². The number of aryl methyl sites for hydroxylation is 1. The van der Waals surface area contributed by atoms with Crippen LogP contribution in [-0.2, 0) is 21.4 Å². The number of amides is 1. The predicted molar refractivity (Wildman–Crippen MR) is 111 cm³/mol. The van der Waals surface area contributed by atoms with Crippen LogP contribution < -0.4 is 5.32 Å². The highest BCUT2D eigenvalue weighted by Crippen LogP contribution is 2.28. The second kappa shape index (κ2) is 8.45. The van der Waals surface area contributed by atoms with Crippen LogP contribution in [0.2, 0.25) is 0 Å².